The van der Waals surface area contributed by atoms with E-state index >= 15 is 0 Å². The molecule has 0 aromatic carbocycles. The number of hydrogen-bond donors (Lipinski definition) is 0. The van der Waals surface area contributed by atoms with Crippen molar-refractivity contribution in [2.24, 2.45) is 5.92 Å². The predicted molar refractivity (Wildman–Crippen MR) is 49.7 cm³/mol. The van der Waals surface area contributed by atoms with Crippen LogP contribution >= 0.6 is 0 Å². The number of piperidine rings is 1. The fourth-order valence-electron chi connectivity index (χ4n) is 1.64. The highest BCUT2D eigenvalue weighted by Crippen LogP contribution is 2.22. The summed E-state index contributed by atoms with van der Waals surface area (Å²) < 4.78 is 0. The van der Waals surface area contributed by atoms with Crippen LogP contribution in [0, 0.1) is 17.2 Å². The summed E-state index contributed by atoms with van der Waals surface area (Å²) in [5, 5.41) is 8.92. The highest BCUT2D eigenvalue weighted by molar-refractivity contribution is 5.02. The molecule has 1 heterocycles. The van der Waals surface area contributed by atoms with E-state index in [2.05, 4.69) is 17.9 Å². The molecular weight excluding hydrogens is 148 g/mol. The Morgan fingerprint density at radius 1 is 1.33 bits per heavy atom. The van der Waals surface area contributed by atoms with E-state index in [9.17, 15) is 0 Å². The third-order valence-electron chi connectivity index (χ3n) is 2.85. The van der Waals surface area contributed by atoms with Gasteiger partial charge in [-0.25, -0.2) is 0 Å². The van der Waals surface area contributed by atoms with Gasteiger partial charge in [-0.2, -0.15) is 5.26 Å². The van der Waals surface area contributed by atoms with Gasteiger partial charge in [0.25, 0.3) is 0 Å². The third kappa shape index (κ3) is 1.98. The molecule has 1 aliphatic rings. The van der Waals surface area contributed by atoms with E-state index in [-0.39, 0.29) is 5.54 Å². The van der Waals surface area contributed by atoms with E-state index in [1.54, 1.807) is 0 Å². The van der Waals surface area contributed by atoms with Crippen LogP contribution in [-0.4, -0.2) is 23.5 Å². The SMILES string of the molecule is CC1CCN(C(C)(C)C#N)CC1. The molecular formula is C10H18N2. The largest absolute Gasteiger partial charge is 0.286 e. The maximum absolute atomic E-state index is 8.92. The molecule has 0 unspecified atom stereocenters. The molecule has 2 nitrogen and oxygen atoms in total. The first-order chi connectivity index (χ1) is 5.56. The van der Waals surface area contributed by atoms with Gasteiger partial charge in [-0.05, 0) is 45.7 Å². The van der Waals surface area contributed by atoms with E-state index in [1.807, 2.05) is 13.8 Å². The summed E-state index contributed by atoms with van der Waals surface area (Å²) in [5.74, 6) is 0.843. The Kier molecular flexibility index (Phi) is 2.74. The molecule has 0 aromatic rings. The Hall–Kier alpha value is -0.550. The normalized spacial score (nSPS) is 22.2. The molecule has 0 aromatic heterocycles. The van der Waals surface area contributed by atoms with Crippen LogP contribution in [0.2, 0.25) is 0 Å². The first kappa shape index (κ1) is 9.54. The molecule has 1 aliphatic heterocycles. The van der Waals surface area contributed by atoms with Crippen molar-refractivity contribution < 1.29 is 0 Å². The molecule has 1 saturated heterocycles. The standard InChI is InChI=1S/C10H18N2/c1-9-4-6-12(7-5-9)10(2,3)8-11/h9H,4-7H2,1-3H3. The van der Waals surface area contributed by atoms with Crippen LogP contribution in [0.15, 0.2) is 0 Å². The molecule has 0 bridgehead atoms. The van der Waals surface area contributed by atoms with Crippen LogP contribution in [0.25, 0.3) is 0 Å². The molecule has 0 atom stereocenters. The van der Waals surface area contributed by atoms with Gasteiger partial charge in [-0.1, -0.05) is 6.92 Å². The lowest BCUT2D eigenvalue weighted by Gasteiger charge is -2.37. The van der Waals surface area contributed by atoms with Crippen molar-refractivity contribution in [2.75, 3.05) is 13.1 Å². The van der Waals surface area contributed by atoms with Crippen LogP contribution in [0.4, 0.5) is 0 Å². The van der Waals surface area contributed by atoms with E-state index in [4.69, 9.17) is 5.26 Å². The zero-order valence-electron chi connectivity index (χ0n) is 8.30. The van der Waals surface area contributed by atoms with Crippen LogP contribution < -0.4 is 0 Å². The zero-order chi connectivity index (χ0) is 9.19. The molecule has 0 spiro atoms. The lowest BCUT2D eigenvalue weighted by Crippen LogP contribution is -2.46. The number of nitriles is 1. The average Bonchev–Trinajstić information content (AvgIpc) is 2.05. The number of likely N-dealkylation sites (tertiary alicyclic amines) is 1. The monoisotopic (exact) mass is 166 g/mol. The van der Waals surface area contributed by atoms with E-state index in [1.165, 1.54) is 12.8 Å². The number of hydrogen-bond acceptors (Lipinski definition) is 2. The Bertz CT molecular complexity index is 183. The quantitative estimate of drug-likeness (QED) is 0.596. The highest BCUT2D eigenvalue weighted by Gasteiger charge is 2.28. The topological polar surface area (TPSA) is 27.0 Å². The fourth-order valence-corrected chi connectivity index (χ4v) is 1.64. The molecule has 0 saturated carbocycles. The van der Waals surface area contributed by atoms with Crippen LogP contribution in [0.5, 0.6) is 0 Å². The van der Waals surface area contributed by atoms with Gasteiger partial charge in [0.15, 0.2) is 0 Å². The molecule has 1 rings (SSSR count). The molecule has 0 amide bonds. The molecule has 12 heavy (non-hydrogen) atoms. The molecule has 0 aliphatic carbocycles. The molecule has 1 fully saturated rings. The maximum Gasteiger partial charge on any atom is 0.103 e. The van der Waals surface area contributed by atoms with E-state index in [0.717, 1.165) is 19.0 Å². The summed E-state index contributed by atoms with van der Waals surface area (Å²) in [6.07, 6.45) is 2.48. The van der Waals surface area contributed by atoms with Crippen molar-refractivity contribution in [2.45, 2.75) is 39.2 Å². The molecule has 0 radical (unpaired) electrons. The lowest BCUT2D eigenvalue weighted by molar-refractivity contribution is 0.115. The third-order valence-corrected chi connectivity index (χ3v) is 2.85. The molecule has 68 valence electrons. The Labute approximate surface area is 75.2 Å². The van der Waals surface area contributed by atoms with Gasteiger partial charge in [-0.15, -0.1) is 0 Å². The van der Waals surface area contributed by atoms with Crippen LogP contribution in [-0.2, 0) is 0 Å². The second-order valence-electron chi connectivity index (χ2n) is 4.34. The minimum Gasteiger partial charge on any atom is -0.286 e. The van der Waals surface area contributed by atoms with Gasteiger partial charge in [0, 0.05) is 0 Å². The van der Waals surface area contributed by atoms with Crippen LogP contribution in [0.3, 0.4) is 0 Å². The number of rotatable bonds is 1. The lowest BCUT2D eigenvalue weighted by atomic mass is 9.94. The summed E-state index contributed by atoms with van der Waals surface area (Å²) in [5.41, 5.74) is -0.264. The Morgan fingerprint density at radius 3 is 2.25 bits per heavy atom. The summed E-state index contributed by atoms with van der Waals surface area (Å²) >= 11 is 0. The van der Waals surface area contributed by atoms with Crippen molar-refractivity contribution >= 4 is 0 Å². The molecule has 2 heteroatoms. The minimum absolute atomic E-state index is 0.264. The first-order valence-corrected chi connectivity index (χ1v) is 4.72. The second kappa shape index (κ2) is 3.45. The van der Waals surface area contributed by atoms with Gasteiger partial charge in [-0.3, -0.25) is 4.90 Å². The van der Waals surface area contributed by atoms with Gasteiger partial charge < -0.3 is 0 Å². The van der Waals surface area contributed by atoms with Crippen molar-refractivity contribution in [3.8, 4) is 6.07 Å². The summed E-state index contributed by atoms with van der Waals surface area (Å²) in [7, 11) is 0. The second-order valence-corrected chi connectivity index (χ2v) is 4.34. The van der Waals surface area contributed by atoms with Gasteiger partial charge in [0.05, 0.1) is 6.07 Å². The minimum atomic E-state index is -0.264. The zero-order valence-corrected chi connectivity index (χ0v) is 8.30. The van der Waals surface area contributed by atoms with Crippen molar-refractivity contribution in [1.82, 2.24) is 4.90 Å². The Balaban J connectivity index is 2.51. The van der Waals surface area contributed by atoms with Crippen molar-refractivity contribution in [3.05, 3.63) is 0 Å². The van der Waals surface area contributed by atoms with Gasteiger partial charge in [0.2, 0.25) is 0 Å². The van der Waals surface area contributed by atoms with Crippen molar-refractivity contribution in [1.29, 1.82) is 5.26 Å². The molecule has 0 N–H and O–H groups in total. The summed E-state index contributed by atoms with van der Waals surface area (Å²) in [6.45, 7) is 8.46. The maximum atomic E-state index is 8.92. The smallest absolute Gasteiger partial charge is 0.103 e. The first-order valence-electron chi connectivity index (χ1n) is 4.72. The number of nitrogens with zero attached hydrogens (tertiary/aromatic N) is 2. The summed E-state index contributed by atoms with van der Waals surface area (Å²) in [4.78, 5) is 2.28. The van der Waals surface area contributed by atoms with E-state index in [0.29, 0.717) is 0 Å². The van der Waals surface area contributed by atoms with Gasteiger partial charge >= 0.3 is 0 Å². The fraction of sp³-hybridized carbons (Fsp3) is 0.900. The average molecular weight is 166 g/mol. The highest BCUT2D eigenvalue weighted by atomic mass is 15.2. The Morgan fingerprint density at radius 2 is 1.83 bits per heavy atom. The summed E-state index contributed by atoms with van der Waals surface area (Å²) in [6, 6.07) is 2.35. The van der Waals surface area contributed by atoms with E-state index < -0.39 is 0 Å². The van der Waals surface area contributed by atoms with Crippen LogP contribution in [0.1, 0.15) is 33.6 Å². The van der Waals surface area contributed by atoms with Gasteiger partial charge in [0.1, 0.15) is 5.54 Å². The predicted octanol–water partition coefficient (Wildman–Crippen LogP) is 2.02. The van der Waals surface area contributed by atoms with Crippen molar-refractivity contribution in [3.63, 3.8) is 0 Å².